The highest BCUT2D eigenvalue weighted by molar-refractivity contribution is 6.30. The third-order valence-corrected chi connectivity index (χ3v) is 3.32. The standard InChI is InChI=1S/C15H13ClN2/c16-13-4-1-11(2-5-13)10-18-8-7-12-3-6-14(17)9-15(12)18/h1-9H,10,17H2. The van der Waals surface area contributed by atoms with Crippen molar-refractivity contribution >= 4 is 28.2 Å². The van der Waals surface area contributed by atoms with Crippen LogP contribution in [0.5, 0.6) is 0 Å². The van der Waals surface area contributed by atoms with Crippen LogP contribution in [0.25, 0.3) is 10.9 Å². The summed E-state index contributed by atoms with van der Waals surface area (Å²) in [6.45, 7) is 0.824. The van der Waals surface area contributed by atoms with Crippen LogP contribution < -0.4 is 5.73 Å². The van der Waals surface area contributed by atoms with E-state index >= 15 is 0 Å². The second kappa shape index (κ2) is 4.39. The van der Waals surface area contributed by atoms with Crippen LogP contribution in [-0.4, -0.2) is 4.57 Å². The molecule has 0 amide bonds. The van der Waals surface area contributed by atoms with Gasteiger partial charge >= 0.3 is 0 Å². The highest BCUT2D eigenvalue weighted by atomic mass is 35.5. The van der Waals surface area contributed by atoms with E-state index < -0.39 is 0 Å². The van der Waals surface area contributed by atoms with E-state index in [2.05, 4.69) is 16.8 Å². The van der Waals surface area contributed by atoms with Crippen LogP contribution in [0, 0.1) is 0 Å². The average molecular weight is 257 g/mol. The van der Waals surface area contributed by atoms with Gasteiger partial charge in [0, 0.05) is 23.5 Å². The quantitative estimate of drug-likeness (QED) is 0.692. The third kappa shape index (κ3) is 2.07. The van der Waals surface area contributed by atoms with Gasteiger partial charge in [-0.1, -0.05) is 29.8 Å². The monoisotopic (exact) mass is 256 g/mol. The van der Waals surface area contributed by atoms with Gasteiger partial charge in [-0.2, -0.15) is 0 Å². The molecule has 3 aromatic rings. The molecule has 0 fully saturated rings. The maximum absolute atomic E-state index is 5.89. The lowest BCUT2D eigenvalue weighted by Gasteiger charge is -2.06. The van der Waals surface area contributed by atoms with Crippen molar-refractivity contribution in [3.8, 4) is 0 Å². The molecule has 1 heterocycles. The molecular formula is C15H13ClN2. The van der Waals surface area contributed by atoms with Crippen LogP contribution in [0.3, 0.4) is 0 Å². The fourth-order valence-corrected chi connectivity index (χ4v) is 2.25. The van der Waals surface area contributed by atoms with Gasteiger partial charge in [0.1, 0.15) is 0 Å². The number of hydrogen-bond donors (Lipinski definition) is 1. The first-order valence-electron chi connectivity index (χ1n) is 5.81. The predicted molar refractivity (Wildman–Crippen MR) is 76.9 cm³/mol. The molecule has 2 aromatic carbocycles. The molecule has 0 aliphatic rings. The summed E-state index contributed by atoms with van der Waals surface area (Å²) < 4.78 is 2.19. The Labute approximate surface area is 111 Å². The van der Waals surface area contributed by atoms with E-state index in [-0.39, 0.29) is 0 Å². The van der Waals surface area contributed by atoms with Crippen molar-refractivity contribution in [1.82, 2.24) is 4.57 Å². The van der Waals surface area contributed by atoms with Crippen molar-refractivity contribution in [2.75, 3.05) is 5.73 Å². The summed E-state index contributed by atoms with van der Waals surface area (Å²) in [5.41, 5.74) is 9.00. The van der Waals surface area contributed by atoms with Gasteiger partial charge < -0.3 is 10.3 Å². The van der Waals surface area contributed by atoms with Gasteiger partial charge in [-0.25, -0.2) is 0 Å². The largest absolute Gasteiger partial charge is 0.399 e. The average Bonchev–Trinajstić information content (AvgIpc) is 2.75. The molecule has 0 aliphatic carbocycles. The van der Waals surface area contributed by atoms with Crippen LogP contribution in [0.4, 0.5) is 5.69 Å². The Morgan fingerprint density at radius 2 is 1.78 bits per heavy atom. The van der Waals surface area contributed by atoms with Gasteiger partial charge in [-0.05, 0) is 41.3 Å². The van der Waals surface area contributed by atoms with Gasteiger partial charge in [0.15, 0.2) is 0 Å². The van der Waals surface area contributed by atoms with Gasteiger partial charge in [0.25, 0.3) is 0 Å². The number of nitrogens with zero attached hydrogens (tertiary/aromatic N) is 1. The van der Waals surface area contributed by atoms with E-state index in [9.17, 15) is 0 Å². The van der Waals surface area contributed by atoms with Crippen molar-refractivity contribution in [2.45, 2.75) is 6.54 Å². The minimum atomic E-state index is 0.764. The molecule has 0 radical (unpaired) electrons. The van der Waals surface area contributed by atoms with Crippen LogP contribution in [0.1, 0.15) is 5.56 Å². The summed E-state index contributed by atoms with van der Waals surface area (Å²) in [4.78, 5) is 0. The Balaban J connectivity index is 1.99. The van der Waals surface area contributed by atoms with E-state index in [1.165, 1.54) is 10.9 Å². The lowest BCUT2D eigenvalue weighted by Crippen LogP contribution is -1.98. The first-order valence-corrected chi connectivity index (χ1v) is 6.19. The smallest absolute Gasteiger partial charge is 0.0504 e. The lowest BCUT2D eigenvalue weighted by molar-refractivity contribution is 0.837. The van der Waals surface area contributed by atoms with Crippen LogP contribution in [-0.2, 0) is 6.54 Å². The molecule has 2 N–H and O–H groups in total. The third-order valence-electron chi connectivity index (χ3n) is 3.06. The molecule has 3 rings (SSSR count). The zero-order chi connectivity index (χ0) is 12.5. The van der Waals surface area contributed by atoms with Crippen molar-refractivity contribution in [3.63, 3.8) is 0 Å². The molecular weight excluding hydrogens is 244 g/mol. The molecule has 90 valence electrons. The fourth-order valence-electron chi connectivity index (χ4n) is 2.13. The first-order chi connectivity index (χ1) is 8.72. The van der Waals surface area contributed by atoms with Gasteiger partial charge in [-0.3, -0.25) is 0 Å². The Bertz CT molecular complexity index is 683. The minimum absolute atomic E-state index is 0.764. The number of benzene rings is 2. The van der Waals surface area contributed by atoms with Gasteiger partial charge in [0.2, 0.25) is 0 Å². The summed E-state index contributed by atoms with van der Waals surface area (Å²) in [5.74, 6) is 0. The van der Waals surface area contributed by atoms with Crippen LogP contribution in [0.15, 0.2) is 54.7 Å². The number of rotatable bonds is 2. The Morgan fingerprint density at radius 1 is 1.00 bits per heavy atom. The van der Waals surface area contributed by atoms with E-state index in [1.54, 1.807) is 0 Å². The summed E-state index contributed by atoms with van der Waals surface area (Å²) in [6.07, 6.45) is 2.08. The molecule has 0 aliphatic heterocycles. The Morgan fingerprint density at radius 3 is 2.56 bits per heavy atom. The Kier molecular flexibility index (Phi) is 2.73. The number of nitrogens with two attached hydrogens (primary N) is 1. The van der Waals surface area contributed by atoms with Crippen molar-refractivity contribution < 1.29 is 0 Å². The first kappa shape index (κ1) is 11.2. The minimum Gasteiger partial charge on any atom is -0.399 e. The molecule has 1 aromatic heterocycles. The van der Waals surface area contributed by atoms with Crippen molar-refractivity contribution in [2.24, 2.45) is 0 Å². The number of nitrogen functional groups attached to an aromatic ring is 1. The van der Waals surface area contributed by atoms with Gasteiger partial charge in [-0.15, -0.1) is 0 Å². The van der Waals surface area contributed by atoms with Crippen molar-refractivity contribution in [3.05, 3.63) is 65.3 Å². The number of halogens is 1. The topological polar surface area (TPSA) is 30.9 Å². The molecule has 0 bridgehead atoms. The lowest BCUT2D eigenvalue weighted by atomic mass is 10.2. The summed E-state index contributed by atoms with van der Waals surface area (Å²) in [5, 5.41) is 1.97. The molecule has 2 nitrogen and oxygen atoms in total. The second-order valence-corrected chi connectivity index (χ2v) is 4.82. The Hall–Kier alpha value is -1.93. The predicted octanol–water partition coefficient (Wildman–Crippen LogP) is 3.93. The summed E-state index contributed by atoms with van der Waals surface area (Å²) >= 11 is 5.89. The maximum Gasteiger partial charge on any atom is 0.0504 e. The highest BCUT2D eigenvalue weighted by Crippen LogP contribution is 2.20. The normalized spacial score (nSPS) is 10.9. The van der Waals surface area contributed by atoms with Crippen LogP contribution in [0.2, 0.25) is 5.02 Å². The molecule has 0 saturated heterocycles. The molecule has 0 spiro atoms. The number of fused-ring (bicyclic) bond motifs is 1. The van der Waals surface area contributed by atoms with Crippen LogP contribution >= 0.6 is 11.6 Å². The zero-order valence-corrected chi connectivity index (χ0v) is 10.6. The summed E-state index contributed by atoms with van der Waals surface area (Å²) in [7, 11) is 0. The molecule has 0 saturated carbocycles. The summed E-state index contributed by atoms with van der Waals surface area (Å²) in [6, 6.07) is 16.0. The second-order valence-electron chi connectivity index (χ2n) is 4.39. The van der Waals surface area contributed by atoms with E-state index in [4.69, 9.17) is 17.3 Å². The van der Waals surface area contributed by atoms with E-state index in [1.807, 2.05) is 42.5 Å². The number of anilines is 1. The number of aromatic nitrogens is 1. The van der Waals surface area contributed by atoms with E-state index in [0.717, 1.165) is 22.8 Å². The fraction of sp³-hybridized carbons (Fsp3) is 0.0667. The van der Waals surface area contributed by atoms with Gasteiger partial charge in [0.05, 0.1) is 5.52 Å². The maximum atomic E-state index is 5.89. The molecule has 0 atom stereocenters. The highest BCUT2D eigenvalue weighted by Gasteiger charge is 2.02. The number of hydrogen-bond acceptors (Lipinski definition) is 1. The van der Waals surface area contributed by atoms with E-state index in [0.29, 0.717) is 0 Å². The van der Waals surface area contributed by atoms with Crippen molar-refractivity contribution in [1.29, 1.82) is 0 Å². The molecule has 3 heteroatoms. The SMILES string of the molecule is Nc1ccc2ccn(Cc3ccc(Cl)cc3)c2c1. The molecule has 18 heavy (non-hydrogen) atoms. The molecule has 0 unspecified atom stereocenters. The zero-order valence-electron chi connectivity index (χ0n) is 9.81.